The molecule has 0 fully saturated rings. The molecule has 0 saturated heterocycles. The van der Waals surface area contributed by atoms with Gasteiger partial charge in [0, 0.05) is 11.6 Å². The monoisotopic (exact) mass is 344 g/mol. The fourth-order valence-electron chi connectivity index (χ4n) is 2.00. The van der Waals surface area contributed by atoms with E-state index >= 15 is 0 Å². The van der Waals surface area contributed by atoms with Crippen LogP contribution in [0, 0.1) is 6.92 Å². The van der Waals surface area contributed by atoms with Crippen LogP contribution < -0.4 is 10.5 Å². The number of sulfonamides is 1. The first-order valence-electron chi connectivity index (χ1n) is 7.00. The van der Waals surface area contributed by atoms with Crippen LogP contribution >= 0.6 is 0 Å². The van der Waals surface area contributed by atoms with Crippen LogP contribution in [0.4, 0.5) is 0 Å². The van der Waals surface area contributed by atoms with Gasteiger partial charge in [-0.1, -0.05) is 36.4 Å². The number of carbonyl (C=O) groups excluding carboxylic acids is 2. The number of amides is 2. The normalized spacial score (nSPS) is 11.4. The summed E-state index contributed by atoms with van der Waals surface area (Å²) in [7, 11) is -4.10. The highest BCUT2D eigenvalue weighted by Crippen LogP contribution is 2.15. The van der Waals surface area contributed by atoms with Crippen molar-refractivity contribution in [2.24, 2.45) is 5.73 Å². The van der Waals surface area contributed by atoms with Crippen molar-refractivity contribution in [2.45, 2.75) is 11.8 Å². The summed E-state index contributed by atoms with van der Waals surface area (Å²) in [6.07, 6.45) is 2.62. The van der Waals surface area contributed by atoms with Gasteiger partial charge < -0.3 is 5.73 Å². The number of hydrogen-bond acceptors (Lipinski definition) is 4. The maximum atomic E-state index is 12.2. The van der Waals surface area contributed by atoms with Gasteiger partial charge in [-0.15, -0.1) is 0 Å². The molecule has 0 unspecified atom stereocenters. The van der Waals surface area contributed by atoms with E-state index in [9.17, 15) is 18.0 Å². The van der Waals surface area contributed by atoms with Crippen molar-refractivity contribution in [2.75, 3.05) is 0 Å². The van der Waals surface area contributed by atoms with Crippen LogP contribution in [0.15, 0.2) is 59.5 Å². The van der Waals surface area contributed by atoms with Gasteiger partial charge in [0.1, 0.15) is 0 Å². The molecule has 2 aromatic carbocycles. The van der Waals surface area contributed by atoms with Crippen LogP contribution in [0.3, 0.4) is 0 Å². The summed E-state index contributed by atoms with van der Waals surface area (Å²) in [5.74, 6) is -1.53. The summed E-state index contributed by atoms with van der Waals surface area (Å²) in [5, 5.41) is 0. The van der Waals surface area contributed by atoms with Gasteiger partial charge >= 0.3 is 0 Å². The predicted octanol–water partition coefficient (Wildman–Crippen LogP) is 1.61. The molecule has 24 heavy (non-hydrogen) atoms. The summed E-state index contributed by atoms with van der Waals surface area (Å²) in [6, 6.07) is 12.9. The highest BCUT2D eigenvalue weighted by atomic mass is 32.2. The second-order valence-corrected chi connectivity index (χ2v) is 6.74. The Morgan fingerprint density at radius 3 is 2.38 bits per heavy atom. The molecule has 7 heteroatoms. The molecule has 0 atom stereocenters. The first kappa shape index (κ1) is 17.4. The zero-order valence-electron chi connectivity index (χ0n) is 12.9. The molecule has 0 aliphatic rings. The minimum atomic E-state index is -4.10. The van der Waals surface area contributed by atoms with Crippen LogP contribution in [0.1, 0.15) is 21.5 Å². The zero-order valence-corrected chi connectivity index (χ0v) is 13.7. The van der Waals surface area contributed by atoms with Crippen LogP contribution in [-0.2, 0) is 14.8 Å². The maximum Gasteiger partial charge on any atom is 0.264 e. The van der Waals surface area contributed by atoms with Gasteiger partial charge in [0.15, 0.2) is 0 Å². The summed E-state index contributed by atoms with van der Waals surface area (Å²) in [6.45, 7) is 1.64. The van der Waals surface area contributed by atoms with Gasteiger partial charge in [-0.25, -0.2) is 13.1 Å². The maximum absolute atomic E-state index is 12.2. The van der Waals surface area contributed by atoms with E-state index in [0.29, 0.717) is 5.56 Å². The quantitative estimate of drug-likeness (QED) is 0.804. The number of hydrogen-bond donors (Lipinski definition) is 2. The average molecular weight is 344 g/mol. The Balaban J connectivity index is 2.19. The number of aryl methyl sites for hydroxylation is 1. The standard InChI is InChI=1S/C17H16N2O4S/c1-12-7-9-14(11-15(12)17(18)21)24(22,23)19-16(20)10-8-13-5-3-2-4-6-13/h2-11H,1H3,(H2,18,21)(H,19,20)/b10-8+. The number of nitrogens with one attached hydrogen (secondary N) is 1. The lowest BCUT2D eigenvalue weighted by Crippen LogP contribution is -2.29. The highest BCUT2D eigenvalue weighted by molar-refractivity contribution is 7.90. The van der Waals surface area contributed by atoms with Crippen LogP contribution in [-0.4, -0.2) is 20.2 Å². The third kappa shape index (κ3) is 4.30. The van der Waals surface area contributed by atoms with Crippen molar-refractivity contribution in [3.05, 3.63) is 71.3 Å². The molecule has 3 N–H and O–H groups in total. The molecule has 0 aromatic heterocycles. The van der Waals surface area contributed by atoms with Crippen molar-refractivity contribution < 1.29 is 18.0 Å². The molecule has 0 aliphatic carbocycles. The van der Waals surface area contributed by atoms with Crippen LogP contribution in [0.5, 0.6) is 0 Å². The fraction of sp³-hybridized carbons (Fsp3) is 0.0588. The van der Waals surface area contributed by atoms with E-state index < -0.39 is 21.8 Å². The van der Waals surface area contributed by atoms with E-state index in [4.69, 9.17) is 5.73 Å². The third-order valence-corrected chi connectivity index (χ3v) is 4.59. The molecule has 0 spiro atoms. The Bertz CT molecular complexity index is 903. The number of rotatable bonds is 5. The Morgan fingerprint density at radius 2 is 1.75 bits per heavy atom. The van der Waals surface area contributed by atoms with Crippen molar-refractivity contribution in [3.8, 4) is 0 Å². The van der Waals surface area contributed by atoms with Gasteiger partial charge in [-0.05, 0) is 36.3 Å². The Labute approximate surface area is 140 Å². The molecule has 6 nitrogen and oxygen atoms in total. The molecule has 2 rings (SSSR count). The summed E-state index contributed by atoms with van der Waals surface area (Å²) >= 11 is 0. The van der Waals surface area contributed by atoms with E-state index in [0.717, 1.165) is 17.7 Å². The molecular formula is C17H16N2O4S. The molecule has 2 amide bonds. The van der Waals surface area contributed by atoms with E-state index in [2.05, 4.69) is 0 Å². The number of benzene rings is 2. The molecule has 2 aromatic rings. The second kappa shape index (κ2) is 7.10. The largest absolute Gasteiger partial charge is 0.366 e. The fourth-order valence-corrected chi connectivity index (χ4v) is 2.97. The molecule has 124 valence electrons. The number of primary amides is 1. The molecule has 0 aliphatic heterocycles. The number of carbonyl (C=O) groups is 2. The lowest BCUT2D eigenvalue weighted by molar-refractivity contribution is -0.114. The first-order valence-corrected chi connectivity index (χ1v) is 8.48. The Kier molecular flexibility index (Phi) is 5.15. The molecule has 0 heterocycles. The van der Waals surface area contributed by atoms with E-state index in [1.807, 2.05) is 10.8 Å². The lowest BCUT2D eigenvalue weighted by atomic mass is 10.1. The average Bonchev–Trinajstić information content (AvgIpc) is 2.53. The summed E-state index contributed by atoms with van der Waals surface area (Å²) in [4.78, 5) is 22.9. The van der Waals surface area contributed by atoms with Gasteiger partial charge in [0.05, 0.1) is 4.90 Å². The number of nitrogens with two attached hydrogens (primary N) is 1. The topological polar surface area (TPSA) is 106 Å². The Morgan fingerprint density at radius 1 is 1.08 bits per heavy atom. The van der Waals surface area contributed by atoms with E-state index in [1.54, 1.807) is 31.2 Å². The molecule has 0 saturated carbocycles. The van der Waals surface area contributed by atoms with Crippen molar-refractivity contribution in [3.63, 3.8) is 0 Å². The summed E-state index contributed by atoms with van der Waals surface area (Å²) in [5.41, 5.74) is 6.61. The van der Waals surface area contributed by atoms with Crippen molar-refractivity contribution >= 4 is 27.9 Å². The predicted molar refractivity (Wildman–Crippen MR) is 90.5 cm³/mol. The van der Waals surface area contributed by atoms with Gasteiger partial charge in [0.2, 0.25) is 5.91 Å². The van der Waals surface area contributed by atoms with E-state index in [1.165, 1.54) is 18.2 Å². The minimum Gasteiger partial charge on any atom is -0.366 e. The molecular weight excluding hydrogens is 328 g/mol. The Hall–Kier alpha value is -2.93. The van der Waals surface area contributed by atoms with Crippen LogP contribution in [0.2, 0.25) is 0 Å². The SMILES string of the molecule is Cc1ccc(S(=O)(=O)NC(=O)/C=C/c2ccccc2)cc1C(N)=O. The highest BCUT2D eigenvalue weighted by Gasteiger charge is 2.18. The van der Waals surface area contributed by atoms with Gasteiger partial charge in [-0.3, -0.25) is 9.59 Å². The summed E-state index contributed by atoms with van der Waals surface area (Å²) < 4.78 is 26.4. The first-order chi connectivity index (χ1) is 11.3. The van der Waals surface area contributed by atoms with Gasteiger partial charge in [-0.2, -0.15) is 0 Å². The third-order valence-electron chi connectivity index (χ3n) is 3.25. The second-order valence-electron chi connectivity index (χ2n) is 5.05. The minimum absolute atomic E-state index is 0.0881. The zero-order chi connectivity index (χ0) is 17.7. The van der Waals surface area contributed by atoms with E-state index in [-0.39, 0.29) is 10.5 Å². The van der Waals surface area contributed by atoms with Crippen molar-refractivity contribution in [1.82, 2.24) is 4.72 Å². The van der Waals surface area contributed by atoms with Crippen LogP contribution in [0.25, 0.3) is 6.08 Å². The molecule has 0 radical (unpaired) electrons. The lowest BCUT2D eigenvalue weighted by Gasteiger charge is -2.08. The van der Waals surface area contributed by atoms with Gasteiger partial charge in [0.25, 0.3) is 15.9 Å². The van der Waals surface area contributed by atoms with Crippen molar-refractivity contribution in [1.29, 1.82) is 0 Å². The smallest absolute Gasteiger partial charge is 0.264 e. The molecule has 0 bridgehead atoms.